The lowest BCUT2D eigenvalue weighted by Gasteiger charge is -2.29. The average Bonchev–Trinajstić information content (AvgIpc) is 3.37. The number of nitrogens with zero attached hydrogens (tertiary/aromatic N) is 3. The molecule has 0 spiro atoms. The van der Waals surface area contributed by atoms with Crippen molar-refractivity contribution in [1.82, 2.24) is 20.0 Å². The fraction of sp³-hybridized carbons (Fsp3) is 0.542. The molecule has 30 heavy (non-hydrogen) atoms. The van der Waals surface area contributed by atoms with Gasteiger partial charge < -0.3 is 9.80 Å². The molecule has 2 atom stereocenters. The van der Waals surface area contributed by atoms with Crippen molar-refractivity contribution in [3.63, 3.8) is 0 Å². The van der Waals surface area contributed by atoms with E-state index in [-0.39, 0.29) is 17.2 Å². The van der Waals surface area contributed by atoms with Crippen molar-refractivity contribution in [2.24, 2.45) is 11.3 Å². The second-order valence-corrected chi connectivity index (χ2v) is 9.14. The molecule has 0 saturated carbocycles. The number of benzene rings is 1. The van der Waals surface area contributed by atoms with Gasteiger partial charge in [0.05, 0.1) is 5.69 Å². The van der Waals surface area contributed by atoms with Gasteiger partial charge in [0.15, 0.2) is 0 Å². The van der Waals surface area contributed by atoms with E-state index in [4.69, 9.17) is 0 Å². The zero-order chi connectivity index (χ0) is 21.3. The Bertz CT molecular complexity index is 923. The summed E-state index contributed by atoms with van der Waals surface area (Å²) in [5.41, 5.74) is 4.54. The number of aromatic amines is 1. The van der Waals surface area contributed by atoms with Crippen molar-refractivity contribution in [2.75, 3.05) is 26.2 Å². The second-order valence-electron chi connectivity index (χ2n) is 9.14. The van der Waals surface area contributed by atoms with Crippen LogP contribution >= 0.6 is 0 Å². The maximum Gasteiger partial charge on any atom is 0.222 e. The summed E-state index contributed by atoms with van der Waals surface area (Å²) in [6.45, 7) is 8.76. The van der Waals surface area contributed by atoms with E-state index in [1.54, 1.807) is 6.92 Å². The molecule has 2 amide bonds. The molecule has 0 radical (unpaired) electrons. The number of carbonyl (C=O) groups excluding carboxylic acids is 2. The maximum atomic E-state index is 13.0. The van der Waals surface area contributed by atoms with Crippen molar-refractivity contribution in [2.45, 2.75) is 46.5 Å². The number of hydrogen-bond acceptors (Lipinski definition) is 3. The number of hydrogen-bond donors (Lipinski definition) is 1. The van der Waals surface area contributed by atoms with Gasteiger partial charge in [0.2, 0.25) is 11.8 Å². The highest BCUT2D eigenvalue weighted by Gasteiger charge is 2.53. The number of aromatic nitrogens is 2. The minimum absolute atomic E-state index is 0.00993. The summed E-state index contributed by atoms with van der Waals surface area (Å²) in [7, 11) is 0. The maximum absolute atomic E-state index is 13.0. The van der Waals surface area contributed by atoms with Gasteiger partial charge in [-0.1, -0.05) is 30.3 Å². The van der Waals surface area contributed by atoms with Gasteiger partial charge in [-0.2, -0.15) is 5.10 Å². The summed E-state index contributed by atoms with van der Waals surface area (Å²) in [6, 6.07) is 10.5. The number of carbonyl (C=O) groups is 2. The quantitative estimate of drug-likeness (QED) is 0.799. The third-order valence-electron chi connectivity index (χ3n) is 7.24. The Kier molecular flexibility index (Phi) is 5.67. The first-order valence-corrected chi connectivity index (χ1v) is 11.0. The molecule has 1 N–H and O–H groups in total. The lowest BCUT2D eigenvalue weighted by molar-refractivity contribution is -0.131. The molecule has 2 fully saturated rings. The average molecular weight is 409 g/mol. The van der Waals surface area contributed by atoms with E-state index in [9.17, 15) is 9.59 Å². The highest BCUT2D eigenvalue weighted by Crippen LogP contribution is 2.46. The zero-order valence-electron chi connectivity index (χ0n) is 18.3. The highest BCUT2D eigenvalue weighted by atomic mass is 16.2. The van der Waals surface area contributed by atoms with Crippen LogP contribution in [0.25, 0.3) is 0 Å². The third-order valence-corrected chi connectivity index (χ3v) is 7.24. The summed E-state index contributed by atoms with van der Waals surface area (Å²) in [5.74, 6) is 0.715. The minimum Gasteiger partial charge on any atom is -0.342 e. The molecule has 0 unspecified atom stereocenters. The number of fused-ring (bicyclic) bond motifs is 1. The van der Waals surface area contributed by atoms with Crippen LogP contribution in [0.5, 0.6) is 0 Å². The summed E-state index contributed by atoms with van der Waals surface area (Å²) in [4.78, 5) is 29.1. The van der Waals surface area contributed by atoms with Crippen molar-refractivity contribution in [3.8, 4) is 0 Å². The number of aryl methyl sites for hydroxylation is 3. The van der Waals surface area contributed by atoms with Crippen molar-refractivity contribution in [3.05, 3.63) is 52.8 Å². The second kappa shape index (κ2) is 8.25. The summed E-state index contributed by atoms with van der Waals surface area (Å²) >= 11 is 0. The lowest BCUT2D eigenvalue weighted by atomic mass is 9.76. The molecule has 2 aromatic rings. The van der Waals surface area contributed by atoms with E-state index in [2.05, 4.69) is 34.5 Å². The predicted molar refractivity (Wildman–Crippen MR) is 116 cm³/mol. The molecule has 2 aliphatic heterocycles. The Morgan fingerprint density at radius 3 is 2.47 bits per heavy atom. The van der Waals surface area contributed by atoms with Crippen LogP contribution in [-0.2, 0) is 22.4 Å². The van der Waals surface area contributed by atoms with E-state index in [0.29, 0.717) is 18.8 Å². The van der Waals surface area contributed by atoms with Gasteiger partial charge in [0, 0.05) is 63.0 Å². The third kappa shape index (κ3) is 4.00. The van der Waals surface area contributed by atoms with E-state index >= 15 is 0 Å². The molecule has 0 aliphatic carbocycles. The fourth-order valence-electron chi connectivity index (χ4n) is 5.17. The number of nitrogens with one attached hydrogen (secondary N) is 1. The molecule has 160 valence electrons. The minimum atomic E-state index is 0.00993. The highest BCUT2D eigenvalue weighted by molar-refractivity contribution is 5.77. The Morgan fingerprint density at radius 1 is 1.10 bits per heavy atom. The smallest absolute Gasteiger partial charge is 0.222 e. The molecular weight excluding hydrogens is 376 g/mol. The molecule has 0 bridgehead atoms. The number of likely N-dealkylation sites (tertiary alicyclic amines) is 2. The summed E-state index contributed by atoms with van der Waals surface area (Å²) in [5, 5.41) is 7.34. The van der Waals surface area contributed by atoms with Gasteiger partial charge >= 0.3 is 0 Å². The van der Waals surface area contributed by atoms with Crippen LogP contribution < -0.4 is 0 Å². The SMILES string of the molecule is CC(=O)N1C[C@@H]2CN(C(=O)CCc3n[nH]c(C)c3C)C[C@]2(CCc2ccccc2)C1. The predicted octanol–water partition coefficient (Wildman–Crippen LogP) is 2.90. The van der Waals surface area contributed by atoms with Gasteiger partial charge in [0.25, 0.3) is 0 Å². The first kappa shape index (κ1) is 20.6. The molecule has 1 aromatic heterocycles. The van der Waals surface area contributed by atoms with Crippen LogP contribution in [0.15, 0.2) is 30.3 Å². The van der Waals surface area contributed by atoms with Crippen LogP contribution in [0.2, 0.25) is 0 Å². The van der Waals surface area contributed by atoms with Gasteiger partial charge in [-0.15, -0.1) is 0 Å². The van der Waals surface area contributed by atoms with Crippen molar-refractivity contribution in [1.29, 1.82) is 0 Å². The number of H-pyrrole nitrogens is 1. The molecular formula is C24H32N4O2. The standard InChI is InChI=1S/C24H32N4O2/c1-17-18(2)25-26-22(17)9-10-23(30)28-14-21-13-27(19(3)29)15-24(21,16-28)12-11-20-7-5-4-6-8-20/h4-8,21H,9-16H2,1-3H3,(H,25,26)/t21-,24+/m1/s1. The van der Waals surface area contributed by atoms with Crippen LogP contribution in [0.4, 0.5) is 0 Å². The molecule has 1 aromatic carbocycles. The molecule has 2 saturated heterocycles. The van der Waals surface area contributed by atoms with Gasteiger partial charge in [0.1, 0.15) is 0 Å². The van der Waals surface area contributed by atoms with E-state index in [0.717, 1.165) is 56.0 Å². The summed E-state index contributed by atoms with van der Waals surface area (Å²) < 4.78 is 0. The van der Waals surface area contributed by atoms with E-state index < -0.39 is 0 Å². The van der Waals surface area contributed by atoms with Crippen LogP contribution in [0.1, 0.15) is 42.3 Å². The van der Waals surface area contributed by atoms with Crippen LogP contribution in [0.3, 0.4) is 0 Å². The molecule has 6 nitrogen and oxygen atoms in total. The molecule has 2 aliphatic rings. The van der Waals surface area contributed by atoms with Gasteiger partial charge in [-0.25, -0.2) is 0 Å². The fourth-order valence-corrected chi connectivity index (χ4v) is 5.17. The monoisotopic (exact) mass is 408 g/mol. The Morgan fingerprint density at radius 2 is 1.80 bits per heavy atom. The zero-order valence-corrected chi connectivity index (χ0v) is 18.3. The van der Waals surface area contributed by atoms with Crippen LogP contribution in [0, 0.1) is 25.2 Å². The number of rotatable bonds is 6. The van der Waals surface area contributed by atoms with Crippen molar-refractivity contribution < 1.29 is 9.59 Å². The van der Waals surface area contributed by atoms with Gasteiger partial charge in [-0.3, -0.25) is 14.7 Å². The summed E-state index contributed by atoms with van der Waals surface area (Å²) in [6.07, 6.45) is 3.15. The molecule has 3 heterocycles. The molecule has 4 rings (SSSR count). The topological polar surface area (TPSA) is 69.3 Å². The first-order chi connectivity index (χ1) is 14.4. The van der Waals surface area contributed by atoms with E-state index in [1.807, 2.05) is 29.7 Å². The Hall–Kier alpha value is -2.63. The number of amides is 2. The Labute approximate surface area is 178 Å². The van der Waals surface area contributed by atoms with Gasteiger partial charge in [-0.05, 0) is 37.8 Å². The van der Waals surface area contributed by atoms with Crippen LogP contribution in [-0.4, -0.2) is 58.0 Å². The van der Waals surface area contributed by atoms with Crippen molar-refractivity contribution >= 4 is 11.8 Å². The first-order valence-electron chi connectivity index (χ1n) is 11.0. The normalized spacial score (nSPS) is 23.1. The van der Waals surface area contributed by atoms with E-state index in [1.165, 1.54) is 5.56 Å². The Balaban J connectivity index is 1.43. The lowest BCUT2D eigenvalue weighted by Crippen LogP contribution is -2.38. The largest absolute Gasteiger partial charge is 0.342 e. The molecule has 6 heteroatoms.